The molecule has 0 unspecified atom stereocenters. The Morgan fingerprint density at radius 2 is 1.92 bits per heavy atom. The van der Waals surface area contributed by atoms with Gasteiger partial charge in [-0.05, 0) is 30.3 Å². The predicted octanol–water partition coefficient (Wildman–Crippen LogP) is 2.56. The first kappa shape index (κ1) is 16.5. The third-order valence-electron chi connectivity index (χ3n) is 4.13. The number of rotatable bonds is 5. The summed E-state index contributed by atoms with van der Waals surface area (Å²) < 4.78 is 23.6. The number of nitrogens with zero attached hydrogens (tertiary/aromatic N) is 3. The maximum Gasteiger partial charge on any atom is 0.175 e. The molecule has 0 radical (unpaired) electrons. The fourth-order valence-electron chi connectivity index (χ4n) is 2.83. The molecule has 4 aromatic rings. The van der Waals surface area contributed by atoms with Crippen molar-refractivity contribution in [2.45, 2.75) is 11.3 Å². The van der Waals surface area contributed by atoms with Gasteiger partial charge in [-0.2, -0.15) is 0 Å². The largest absolute Gasteiger partial charge is 0.369 e. The normalized spacial score (nSPS) is 11.9. The topological polar surface area (TPSA) is 101 Å². The van der Waals surface area contributed by atoms with E-state index in [1.807, 2.05) is 24.3 Å². The molecule has 0 bridgehead atoms. The number of imidazole rings is 1. The van der Waals surface area contributed by atoms with Gasteiger partial charge >= 0.3 is 0 Å². The van der Waals surface area contributed by atoms with Gasteiger partial charge in [0.05, 0.1) is 21.4 Å². The summed E-state index contributed by atoms with van der Waals surface area (Å²) in [7, 11) is -3.29. The second kappa shape index (κ2) is 6.38. The fourth-order valence-corrected chi connectivity index (χ4v) is 3.48. The first-order valence-electron chi connectivity index (χ1n) is 8.13. The molecule has 0 saturated carbocycles. The summed E-state index contributed by atoms with van der Waals surface area (Å²) in [6.07, 6.45) is 3.34. The Kier molecular flexibility index (Phi) is 4.04. The standard InChI is InChI=1S/C18H17N5O2S/c1-26(24,25)12-6-7-14-13(10-12)18(21-11-20-14)19-9-8-17-22-15-4-2-3-5-16(15)23-17/h2-7,10-11H,8-9H2,1H3,(H,22,23)(H,19,20,21). The van der Waals surface area contributed by atoms with E-state index < -0.39 is 9.84 Å². The smallest absolute Gasteiger partial charge is 0.175 e. The maximum atomic E-state index is 11.8. The Labute approximate surface area is 150 Å². The zero-order valence-corrected chi connectivity index (χ0v) is 14.9. The fraction of sp³-hybridized carbons (Fsp3) is 0.167. The summed E-state index contributed by atoms with van der Waals surface area (Å²) in [4.78, 5) is 16.5. The number of benzene rings is 2. The Bertz CT molecular complexity index is 1170. The zero-order valence-electron chi connectivity index (χ0n) is 14.1. The highest BCUT2D eigenvalue weighted by Gasteiger charge is 2.11. The minimum Gasteiger partial charge on any atom is -0.369 e. The molecule has 2 aromatic heterocycles. The molecule has 0 aliphatic rings. The molecule has 0 fully saturated rings. The Morgan fingerprint density at radius 3 is 2.73 bits per heavy atom. The first-order chi connectivity index (χ1) is 12.5. The van der Waals surface area contributed by atoms with E-state index in [0.29, 0.717) is 29.7 Å². The van der Waals surface area contributed by atoms with Crippen molar-refractivity contribution in [3.63, 3.8) is 0 Å². The Balaban J connectivity index is 1.56. The van der Waals surface area contributed by atoms with Gasteiger partial charge in [-0.25, -0.2) is 23.4 Å². The average molecular weight is 367 g/mol. The lowest BCUT2D eigenvalue weighted by atomic mass is 10.2. The van der Waals surface area contributed by atoms with Crippen molar-refractivity contribution >= 4 is 37.6 Å². The quantitative estimate of drug-likeness (QED) is 0.562. The van der Waals surface area contributed by atoms with Crippen LogP contribution in [-0.4, -0.2) is 41.2 Å². The van der Waals surface area contributed by atoms with Crippen LogP contribution < -0.4 is 5.32 Å². The molecule has 7 nitrogen and oxygen atoms in total. The maximum absolute atomic E-state index is 11.8. The molecule has 0 atom stereocenters. The van der Waals surface area contributed by atoms with Gasteiger partial charge in [0.25, 0.3) is 0 Å². The molecule has 0 aliphatic heterocycles. The predicted molar refractivity (Wildman–Crippen MR) is 101 cm³/mol. The molecule has 2 N–H and O–H groups in total. The number of fused-ring (bicyclic) bond motifs is 2. The molecule has 0 spiro atoms. The van der Waals surface area contributed by atoms with E-state index in [2.05, 4.69) is 25.3 Å². The van der Waals surface area contributed by atoms with Crippen LogP contribution in [0, 0.1) is 0 Å². The van der Waals surface area contributed by atoms with Crippen LogP contribution in [0.4, 0.5) is 5.82 Å². The number of sulfone groups is 1. The van der Waals surface area contributed by atoms with E-state index in [0.717, 1.165) is 16.9 Å². The van der Waals surface area contributed by atoms with E-state index >= 15 is 0 Å². The van der Waals surface area contributed by atoms with Gasteiger partial charge in [0, 0.05) is 24.6 Å². The Morgan fingerprint density at radius 1 is 1.08 bits per heavy atom. The summed E-state index contributed by atoms with van der Waals surface area (Å²) in [6, 6.07) is 12.7. The van der Waals surface area contributed by atoms with Gasteiger partial charge in [0.1, 0.15) is 18.0 Å². The molecular formula is C18H17N5O2S. The molecule has 0 aliphatic carbocycles. The minimum absolute atomic E-state index is 0.250. The van der Waals surface area contributed by atoms with E-state index in [4.69, 9.17) is 0 Å². The number of aromatic amines is 1. The van der Waals surface area contributed by atoms with Crippen molar-refractivity contribution in [3.8, 4) is 0 Å². The second-order valence-corrected chi connectivity index (χ2v) is 8.07. The number of para-hydroxylation sites is 2. The van der Waals surface area contributed by atoms with Gasteiger partial charge in [-0.1, -0.05) is 12.1 Å². The lowest BCUT2D eigenvalue weighted by molar-refractivity contribution is 0.602. The molecule has 8 heteroatoms. The molecule has 0 amide bonds. The molecule has 132 valence electrons. The number of hydrogen-bond acceptors (Lipinski definition) is 6. The van der Waals surface area contributed by atoms with Crippen LogP contribution in [0.5, 0.6) is 0 Å². The molecule has 2 aromatic carbocycles. The molecular weight excluding hydrogens is 350 g/mol. The zero-order chi connectivity index (χ0) is 18.1. The second-order valence-electron chi connectivity index (χ2n) is 6.05. The number of nitrogens with one attached hydrogen (secondary N) is 2. The van der Waals surface area contributed by atoms with Gasteiger partial charge in [0.15, 0.2) is 9.84 Å². The molecule has 26 heavy (non-hydrogen) atoms. The monoisotopic (exact) mass is 367 g/mol. The number of H-pyrrole nitrogens is 1. The highest BCUT2D eigenvalue weighted by atomic mass is 32.2. The van der Waals surface area contributed by atoms with Crippen LogP contribution in [-0.2, 0) is 16.3 Å². The molecule has 0 saturated heterocycles. The lowest BCUT2D eigenvalue weighted by Crippen LogP contribution is -2.08. The third kappa shape index (κ3) is 3.23. The Hall–Kier alpha value is -3.00. The summed E-state index contributed by atoms with van der Waals surface area (Å²) in [6.45, 7) is 0.606. The third-order valence-corrected chi connectivity index (χ3v) is 5.24. The average Bonchev–Trinajstić information content (AvgIpc) is 3.03. The van der Waals surface area contributed by atoms with E-state index in [9.17, 15) is 8.42 Å². The van der Waals surface area contributed by atoms with Gasteiger partial charge in [-0.15, -0.1) is 0 Å². The van der Waals surface area contributed by atoms with Crippen LogP contribution in [0.1, 0.15) is 5.82 Å². The SMILES string of the molecule is CS(=O)(=O)c1ccc2ncnc(NCCc3nc4ccccc4[nH]3)c2c1. The lowest BCUT2D eigenvalue weighted by Gasteiger charge is -2.08. The summed E-state index contributed by atoms with van der Waals surface area (Å²) in [5.74, 6) is 1.49. The minimum atomic E-state index is -3.29. The van der Waals surface area contributed by atoms with E-state index in [1.54, 1.807) is 18.2 Å². The highest BCUT2D eigenvalue weighted by molar-refractivity contribution is 7.90. The van der Waals surface area contributed by atoms with Crippen molar-refractivity contribution in [2.24, 2.45) is 0 Å². The van der Waals surface area contributed by atoms with Crippen LogP contribution in [0.15, 0.2) is 53.7 Å². The van der Waals surface area contributed by atoms with Crippen LogP contribution in [0.25, 0.3) is 21.9 Å². The highest BCUT2D eigenvalue weighted by Crippen LogP contribution is 2.23. The summed E-state index contributed by atoms with van der Waals surface area (Å²) >= 11 is 0. The van der Waals surface area contributed by atoms with Crippen molar-refractivity contribution in [1.29, 1.82) is 0 Å². The number of aromatic nitrogens is 4. The van der Waals surface area contributed by atoms with Crippen molar-refractivity contribution < 1.29 is 8.42 Å². The first-order valence-corrected chi connectivity index (χ1v) is 10.0. The summed E-state index contributed by atoms with van der Waals surface area (Å²) in [5.41, 5.74) is 2.64. The number of hydrogen-bond donors (Lipinski definition) is 2. The van der Waals surface area contributed by atoms with Gasteiger partial charge < -0.3 is 10.3 Å². The van der Waals surface area contributed by atoms with Crippen LogP contribution in [0.2, 0.25) is 0 Å². The summed E-state index contributed by atoms with van der Waals surface area (Å²) in [5, 5.41) is 3.93. The van der Waals surface area contributed by atoms with Crippen molar-refractivity contribution in [1.82, 2.24) is 19.9 Å². The van der Waals surface area contributed by atoms with Crippen molar-refractivity contribution in [2.75, 3.05) is 18.1 Å². The number of anilines is 1. The van der Waals surface area contributed by atoms with E-state index in [-0.39, 0.29) is 4.90 Å². The molecule has 2 heterocycles. The van der Waals surface area contributed by atoms with E-state index in [1.165, 1.54) is 12.6 Å². The van der Waals surface area contributed by atoms with Gasteiger partial charge in [0.2, 0.25) is 0 Å². The van der Waals surface area contributed by atoms with Gasteiger partial charge in [-0.3, -0.25) is 0 Å². The van der Waals surface area contributed by atoms with Crippen LogP contribution >= 0.6 is 0 Å². The molecule has 4 rings (SSSR count). The van der Waals surface area contributed by atoms with Crippen molar-refractivity contribution in [3.05, 3.63) is 54.6 Å². The van der Waals surface area contributed by atoms with Crippen LogP contribution in [0.3, 0.4) is 0 Å².